The summed E-state index contributed by atoms with van der Waals surface area (Å²) in [5.74, 6) is 0.0226. The summed E-state index contributed by atoms with van der Waals surface area (Å²) in [4.78, 5) is 8.97. The van der Waals surface area contributed by atoms with Crippen LogP contribution in [-0.4, -0.2) is 30.7 Å². The van der Waals surface area contributed by atoms with Crippen LogP contribution in [0.25, 0.3) is 0 Å². The van der Waals surface area contributed by atoms with Gasteiger partial charge in [0.15, 0.2) is 17.5 Å². The first kappa shape index (κ1) is 12.1. The molecule has 3 aliphatic rings. The molecule has 1 N–H and O–H groups in total. The number of halogens is 2. The number of nitrogens with zero attached hydrogens (tertiary/aromatic N) is 2. The molecular formula is C15H15F2N3. The molecule has 3 atom stereocenters. The monoisotopic (exact) mass is 275 g/mol. The van der Waals surface area contributed by atoms with Gasteiger partial charge in [0.2, 0.25) is 0 Å². The van der Waals surface area contributed by atoms with E-state index in [0.717, 1.165) is 24.7 Å². The van der Waals surface area contributed by atoms with E-state index in [4.69, 9.17) is 0 Å². The summed E-state index contributed by atoms with van der Waals surface area (Å²) in [5, 5.41) is 3.48. The summed E-state index contributed by atoms with van der Waals surface area (Å²) >= 11 is 0. The van der Waals surface area contributed by atoms with E-state index in [1.54, 1.807) is 0 Å². The lowest BCUT2D eigenvalue weighted by molar-refractivity contribution is 0.435. The van der Waals surface area contributed by atoms with E-state index in [2.05, 4.69) is 15.3 Å². The van der Waals surface area contributed by atoms with E-state index in [9.17, 15) is 8.78 Å². The van der Waals surface area contributed by atoms with Crippen molar-refractivity contribution in [3.63, 3.8) is 0 Å². The van der Waals surface area contributed by atoms with Crippen molar-refractivity contribution in [1.82, 2.24) is 5.32 Å². The van der Waals surface area contributed by atoms with Crippen LogP contribution < -0.4 is 5.32 Å². The maximum absolute atomic E-state index is 13.3. The summed E-state index contributed by atoms with van der Waals surface area (Å²) in [6, 6.07) is 4.46. The second-order valence-corrected chi connectivity index (χ2v) is 5.82. The lowest BCUT2D eigenvalue weighted by atomic mass is 9.90. The molecule has 5 heteroatoms. The Kier molecular flexibility index (Phi) is 2.70. The van der Waals surface area contributed by atoms with Crippen LogP contribution in [0.15, 0.2) is 28.2 Å². The van der Waals surface area contributed by atoms with Crippen molar-refractivity contribution in [3.8, 4) is 0 Å². The van der Waals surface area contributed by atoms with Gasteiger partial charge in [-0.25, -0.2) is 13.8 Å². The minimum Gasteiger partial charge on any atom is -0.314 e. The molecule has 2 aliphatic heterocycles. The van der Waals surface area contributed by atoms with E-state index in [1.165, 1.54) is 18.6 Å². The molecule has 4 rings (SSSR count). The summed E-state index contributed by atoms with van der Waals surface area (Å²) in [6.45, 7) is 1.66. The van der Waals surface area contributed by atoms with Crippen molar-refractivity contribution >= 4 is 11.5 Å². The maximum atomic E-state index is 13.3. The van der Waals surface area contributed by atoms with Gasteiger partial charge in [-0.1, -0.05) is 0 Å². The largest absolute Gasteiger partial charge is 0.314 e. The Hall–Kier alpha value is -1.62. The van der Waals surface area contributed by atoms with Gasteiger partial charge in [0.05, 0.1) is 6.54 Å². The third kappa shape index (κ3) is 1.88. The Bertz CT molecular complexity index is 624. The molecular weight excluding hydrogens is 260 g/mol. The second-order valence-electron chi connectivity index (χ2n) is 5.82. The van der Waals surface area contributed by atoms with E-state index in [-0.39, 0.29) is 0 Å². The predicted molar refractivity (Wildman–Crippen MR) is 73.2 cm³/mol. The molecule has 1 saturated heterocycles. The minimum atomic E-state index is -0.849. The lowest BCUT2D eigenvalue weighted by Gasteiger charge is -2.21. The fourth-order valence-corrected chi connectivity index (χ4v) is 3.60. The van der Waals surface area contributed by atoms with Crippen molar-refractivity contribution in [2.75, 3.05) is 13.1 Å². The summed E-state index contributed by atoms with van der Waals surface area (Å²) in [6.07, 6.45) is 2.36. The third-order valence-electron chi connectivity index (χ3n) is 4.61. The van der Waals surface area contributed by atoms with Crippen LogP contribution >= 0.6 is 0 Å². The highest BCUT2D eigenvalue weighted by Gasteiger charge is 2.42. The lowest BCUT2D eigenvalue weighted by Crippen LogP contribution is -2.33. The summed E-state index contributed by atoms with van der Waals surface area (Å²) < 4.78 is 26.2. The summed E-state index contributed by atoms with van der Waals surface area (Å²) in [5.41, 5.74) is 1.67. The van der Waals surface area contributed by atoms with Gasteiger partial charge >= 0.3 is 0 Å². The molecule has 2 fully saturated rings. The molecule has 1 aromatic carbocycles. The number of nitrogens with one attached hydrogen (secondary N) is 1. The smallest absolute Gasteiger partial charge is 0.159 e. The number of rotatable bonds is 2. The predicted octanol–water partition coefficient (Wildman–Crippen LogP) is 2.16. The normalized spacial score (nSPS) is 31.6. The molecule has 3 unspecified atom stereocenters. The van der Waals surface area contributed by atoms with Crippen LogP contribution in [-0.2, 0) is 0 Å². The average Bonchev–Trinajstić information content (AvgIpc) is 3.16. The Morgan fingerprint density at radius 2 is 2.05 bits per heavy atom. The summed E-state index contributed by atoms with van der Waals surface area (Å²) in [7, 11) is 0. The molecule has 2 heterocycles. The van der Waals surface area contributed by atoms with Gasteiger partial charge in [0, 0.05) is 23.2 Å². The van der Waals surface area contributed by atoms with Crippen LogP contribution in [0.3, 0.4) is 0 Å². The van der Waals surface area contributed by atoms with Crippen LogP contribution in [0.4, 0.5) is 8.78 Å². The van der Waals surface area contributed by atoms with Crippen molar-refractivity contribution < 1.29 is 8.78 Å². The number of amidine groups is 1. The highest BCUT2D eigenvalue weighted by molar-refractivity contribution is 6.12. The van der Waals surface area contributed by atoms with Crippen molar-refractivity contribution in [3.05, 3.63) is 35.4 Å². The zero-order chi connectivity index (χ0) is 13.7. The first-order valence-corrected chi connectivity index (χ1v) is 7.01. The molecule has 1 aromatic rings. The topological polar surface area (TPSA) is 36.8 Å². The van der Waals surface area contributed by atoms with Crippen molar-refractivity contribution in [2.45, 2.75) is 18.9 Å². The molecule has 3 nitrogen and oxygen atoms in total. The van der Waals surface area contributed by atoms with E-state index in [0.29, 0.717) is 35.8 Å². The van der Waals surface area contributed by atoms with Crippen molar-refractivity contribution in [2.24, 2.45) is 21.8 Å². The first-order valence-electron chi connectivity index (χ1n) is 7.01. The van der Waals surface area contributed by atoms with Gasteiger partial charge in [-0.15, -0.1) is 0 Å². The molecule has 0 aromatic heterocycles. The number of benzene rings is 1. The van der Waals surface area contributed by atoms with Crippen LogP contribution in [0.2, 0.25) is 0 Å². The van der Waals surface area contributed by atoms with Crippen LogP contribution in [0, 0.1) is 23.5 Å². The number of hydrogen-bond acceptors (Lipinski definition) is 3. The molecule has 1 aliphatic carbocycles. The average molecular weight is 275 g/mol. The Morgan fingerprint density at radius 3 is 2.75 bits per heavy atom. The number of hydrogen-bond donors (Lipinski definition) is 1. The SMILES string of the molecule is Fc1ccc(C2=NCC(C3CC4CC3CN4)=N2)cc1F. The zero-order valence-corrected chi connectivity index (χ0v) is 10.9. The first-order chi connectivity index (χ1) is 9.70. The van der Waals surface area contributed by atoms with Gasteiger partial charge in [-0.3, -0.25) is 4.99 Å². The van der Waals surface area contributed by atoms with Gasteiger partial charge in [0.1, 0.15) is 0 Å². The molecule has 1 saturated carbocycles. The van der Waals surface area contributed by atoms with Gasteiger partial charge in [-0.05, 0) is 43.5 Å². The quantitative estimate of drug-likeness (QED) is 0.882. The third-order valence-corrected chi connectivity index (χ3v) is 4.61. The van der Waals surface area contributed by atoms with E-state index < -0.39 is 11.6 Å². The Balaban J connectivity index is 1.57. The van der Waals surface area contributed by atoms with Gasteiger partial charge < -0.3 is 5.32 Å². The molecule has 20 heavy (non-hydrogen) atoms. The molecule has 0 amide bonds. The van der Waals surface area contributed by atoms with Crippen molar-refractivity contribution in [1.29, 1.82) is 0 Å². The Morgan fingerprint density at radius 1 is 1.15 bits per heavy atom. The van der Waals surface area contributed by atoms with Gasteiger partial charge in [-0.2, -0.15) is 0 Å². The highest BCUT2D eigenvalue weighted by atomic mass is 19.2. The number of aliphatic imine (C=N–C) groups is 2. The standard InChI is InChI=1S/C15H15F2N3/c16-12-2-1-8(4-13(12)17)15-19-7-14(20-15)11-5-10-3-9(11)6-18-10/h1-2,4,9-11,18H,3,5-7H2. The fourth-order valence-electron chi connectivity index (χ4n) is 3.60. The number of fused-ring (bicyclic) bond motifs is 2. The minimum absolute atomic E-state index is 0.507. The zero-order valence-electron chi connectivity index (χ0n) is 10.9. The fraction of sp³-hybridized carbons (Fsp3) is 0.467. The highest BCUT2D eigenvalue weighted by Crippen LogP contribution is 2.38. The van der Waals surface area contributed by atoms with E-state index in [1.807, 2.05) is 0 Å². The van der Waals surface area contributed by atoms with Crippen LogP contribution in [0.5, 0.6) is 0 Å². The maximum Gasteiger partial charge on any atom is 0.159 e. The molecule has 104 valence electrons. The number of piperidine rings is 1. The second kappa shape index (κ2) is 4.45. The molecule has 0 spiro atoms. The van der Waals surface area contributed by atoms with E-state index >= 15 is 0 Å². The molecule has 2 bridgehead atoms. The Labute approximate surface area is 115 Å². The molecule has 0 radical (unpaired) electrons. The van der Waals surface area contributed by atoms with Gasteiger partial charge in [0.25, 0.3) is 0 Å². The van der Waals surface area contributed by atoms with Crippen LogP contribution in [0.1, 0.15) is 18.4 Å².